The summed E-state index contributed by atoms with van der Waals surface area (Å²) >= 11 is 11.4. The van der Waals surface area contributed by atoms with Crippen LogP contribution in [0.4, 0.5) is 11.4 Å². The van der Waals surface area contributed by atoms with E-state index in [0.29, 0.717) is 10.6 Å². The lowest BCUT2D eigenvalue weighted by Crippen LogP contribution is -2.46. The second kappa shape index (κ2) is 9.37. The van der Waals surface area contributed by atoms with Gasteiger partial charge in [-0.1, -0.05) is 24.6 Å². The smallest absolute Gasteiger partial charge is 0.258 e. The summed E-state index contributed by atoms with van der Waals surface area (Å²) in [5.41, 5.74) is 3.43. The first kappa shape index (κ1) is 20.6. The molecule has 0 unspecified atom stereocenters. The van der Waals surface area contributed by atoms with Crippen molar-refractivity contribution in [1.82, 2.24) is 10.2 Å². The highest BCUT2D eigenvalue weighted by atomic mass is 35.5. The van der Waals surface area contributed by atoms with Gasteiger partial charge in [0.15, 0.2) is 5.11 Å². The third-order valence-corrected chi connectivity index (χ3v) is 5.42. The number of carbonyl (C=O) groups excluding carboxylic acids is 1. The molecule has 0 aliphatic carbocycles. The summed E-state index contributed by atoms with van der Waals surface area (Å²) < 4.78 is 0. The van der Waals surface area contributed by atoms with Gasteiger partial charge in [-0.3, -0.25) is 10.1 Å². The molecule has 28 heavy (non-hydrogen) atoms. The average Bonchev–Trinajstić information content (AvgIpc) is 2.68. The van der Waals surface area contributed by atoms with Crippen molar-refractivity contribution in [3.8, 4) is 0 Å². The van der Waals surface area contributed by atoms with Gasteiger partial charge in [0, 0.05) is 37.6 Å². The van der Waals surface area contributed by atoms with Crippen LogP contribution in [0.25, 0.3) is 0 Å². The summed E-state index contributed by atoms with van der Waals surface area (Å²) in [7, 11) is 0. The molecule has 0 aromatic heterocycles. The number of aryl methyl sites for hydroxylation is 1. The minimum absolute atomic E-state index is 0.242. The zero-order valence-corrected chi connectivity index (χ0v) is 17.7. The number of nitrogens with one attached hydrogen (secondary N) is 2. The second-order valence-corrected chi connectivity index (χ2v) is 7.68. The Hall–Kier alpha value is -2.15. The number of hydrogen-bond acceptors (Lipinski definition) is 4. The SMILES string of the molecule is CCN1CCN(c2ccc(NC(=S)NC(=O)c3ccc(C)cc3Cl)cc2)CC1. The molecule has 0 radical (unpaired) electrons. The van der Waals surface area contributed by atoms with Crippen LogP contribution in [0, 0.1) is 6.92 Å². The molecule has 3 rings (SSSR count). The fraction of sp³-hybridized carbons (Fsp3) is 0.333. The molecule has 1 amide bonds. The highest BCUT2D eigenvalue weighted by Gasteiger charge is 2.16. The molecule has 0 atom stereocenters. The van der Waals surface area contributed by atoms with Crippen LogP contribution in [-0.2, 0) is 0 Å². The Kier molecular flexibility index (Phi) is 6.88. The summed E-state index contributed by atoms with van der Waals surface area (Å²) in [4.78, 5) is 17.2. The van der Waals surface area contributed by atoms with Crippen molar-refractivity contribution in [3.63, 3.8) is 0 Å². The van der Waals surface area contributed by atoms with E-state index < -0.39 is 0 Å². The number of likely N-dealkylation sites (N-methyl/N-ethyl adjacent to an activating group) is 1. The van der Waals surface area contributed by atoms with E-state index in [2.05, 4.69) is 39.5 Å². The number of rotatable bonds is 4. The predicted octanol–water partition coefficient (Wildman–Crippen LogP) is 3.92. The Morgan fingerprint density at radius 1 is 1.11 bits per heavy atom. The quantitative estimate of drug-likeness (QED) is 0.740. The zero-order valence-electron chi connectivity index (χ0n) is 16.2. The van der Waals surface area contributed by atoms with Crippen LogP contribution in [0.1, 0.15) is 22.8 Å². The van der Waals surface area contributed by atoms with Gasteiger partial charge in [-0.25, -0.2) is 0 Å². The third-order valence-electron chi connectivity index (χ3n) is 4.91. The van der Waals surface area contributed by atoms with E-state index in [4.69, 9.17) is 23.8 Å². The molecule has 2 aromatic carbocycles. The van der Waals surface area contributed by atoms with Gasteiger partial charge in [0.05, 0.1) is 10.6 Å². The van der Waals surface area contributed by atoms with E-state index in [9.17, 15) is 4.79 Å². The normalized spacial score (nSPS) is 14.6. The van der Waals surface area contributed by atoms with Crippen LogP contribution in [0.15, 0.2) is 42.5 Å². The van der Waals surface area contributed by atoms with Gasteiger partial charge in [-0.2, -0.15) is 0 Å². The molecule has 1 fully saturated rings. The molecule has 7 heteroatoms. The topological polar surface area (TPSA) is 47.6 Å². The van der Waals surface area contributed by atoms with Gasteiger partial charge in [0.1, 0.15) is 0 Å². The maximum Gasteiger partial charge on any atom is 0.258 e. The first-order valence-corrected chi connectivity index (χ1v) is 10.2. The molecule has 2 aromatic rings. The Morgan fingerprint density at radius 3 is 2.39 bits per heavy atom. The predicted molar refractivity (Wildman–Crippen MR) is 121 cm³/mol. The van der Waals surface area contributed by atoms with Crippen LogP contribution in [0.2, 0.25) is 5.02 Å². The van der Waals surface area contributed by atoms with Gasteiger partial charge in [-0.15, -0.1) is 0 Å². The number of benzene rings is 2. The monoisotopic (exact) mass is 416 g/mol. The Morgan fingerprint density at radius 2 is 1.79 bits per heavy atom. The summed E-state index contributed by atoms with van der Waals surface area (Å²) in [6.07, 6.45) is 0. The van der Waals surface area contributed by atoms with Crippen molar-refractivity contribution in [2.24, 2.45) is 0 Å². The first-order chi connectivity index (χ1) is 13.5. The van der Waals surface area contributed by atoms with E-state index in [1.165, 1.54) is 5.69 Å². The molecular formula is C21H25ClN4OS. The van der Waals surface area contributed by atoms with Crippen molar-refractivity contribution in [3.05, 3.63) is 58.6 Å². The number of piperazine rings is 1. The second-order valence-electron chi connectivity index (χ2n) is 6.86. The lowest BCUT2D eigenvalue weighted by atomic mass is 10.1. The molecule has 2 N–H and O–H groups in total. The summed E-state index contributed by atoms with van der Waals surface area (Å²) in [5, 5.41) is 6.38. The van der Waals surface area contributed by atoms with E-state index in [0.717, 1.165) is 44.0 Å². The van der Waals surface area contributed by atoms with Crippen LogP contribution >= 0.6 is 23.8 Å². The largest absolute Gasteiger partial charge is 0.369 e. The van der Waals surface area contributed by atoms with Gasteiger partial charge in [0.2, 0.25) is 0 Å². The number of carbonyl (C=O) groups is 1. The number of thiocarbonyl (C=S) groups is 1. The van der Waals surface area contributed by atoms with E-state index in [-0.39, 0.29) is 11.0 Å². The zero-order chi connectivity index (χ0) is 20.1. The minimum Gasteiger partial charge on any atom is -0.369 e. The summed E-state index contributed by atoms with van der Waals surface area (Å²) in [5.74, 6) is -0.326. The Bertz CT molecular complexity index is 848. The fourth-order valence-electron chi connectivity index (χ4n) is 3.21. The minimum atomic E-state index is -0.326. The molecule has 0 bridgehead atoms. The molecule has 148 valence electrons. The molecule has 0 saturated carbocycles. The standard InChI is InChI=1S/C21H25ClN4OS/c1-3-25-10-12-26(13-11-25)17-7-5-16(6-8-17)23-21(28)24-20(27)18-9-4-15(2)14-19(18)22/h4-9,14H,3,10-13H2,1-2H3,(H2,23,24,27,28). The number of anilines is 2. The molecule has 0 spiro atoms. The van der Waals surface area contributed by atoms with Crippen molar-refractivity contribution < 1.29 is 4.79 Å². The lowest BCUT2D eigenvalue weighted by molar-refractivity contribution is 0.0978. The molecule has 1 aliphatic heterocycles. The van der Waals surface area contributed by atoms with Gasteiger partial charge >= 0.3 is 0 Å². The molecule has 1 heterocycles. The Balaban J connectivity index is 1.55. The molecule has 1 saturated heterocycles. The van der Waals surface area contributed by atoms with Gasteiger partial charge in [0.25, 0.3) is 5.91 Å². The lowest BCUT2D eigenvalue weighted by Gasteiger charge is -2.35. The number of hydrogen-bond donors (Lipinski definition) is 2. The van der Waals surface area contributed by atoms with Crippen LogP contribution in [0.5, 0.6) is 0 Å². The highest BCUT2D eigenvalue weighted by molar-refractivity contribution is 7.80. The van der Waals surface area contributed by atoms with Crippen molar-refractivity contribution in [1.29, 1.82) is 0 Å². The summed E-state index contributed by atoms with van der Waals surface area (Å²) in [6, 6.07) is 13.4. The van der Waals surface area contributed by atoms with Crippen molar-refractivity contribution in [2.75, 3.05) is 42.9 Å². The van der Waals surface area contributed by atoms with E-state index in [1.807, 2.05) is 25.1 Å². The van der Waals surface area contributed by atoms with Crippen molar-refractivity contribution in [2.45, 2.75) is 13.8 Å². The third kappa shape index (κ3) is 5.22. The summed E-state index contributed by atoms with van der Waals surface area (Å²) in [6.45, 7) is 9.48. The van der Waals surface area contributed by atoms with Gasteiger partial charge < -0.3 is 15.1 Å². The average molecular weight is 417 g/mol. The van der Waals surface area contributed by atoms with Gasteiger partial charge in [-0.05, 0) is 67.6 Å². The van der Waals surface area contributed by atoms with E-state index >= 15 is 0 Å². The Labute approximate surface area is 176 Å². The maximum atomic E-state index is 12.4. The molecule has 5 nitrogen and oxygen atoms in total. The van der Waals surface area contributed by atoms with Crippen LogP contribution in [-0.4, -0.2) is 48.6 Å². The number of halogens is 1. The highest BCUT2D eigenvalue weighted by Crippen LogP contribution is 2.20. The maximum absolute atomic E-state index is 12.4. The van der Waals surface area contributed by atoms with Crippen molar-refractivity contribution >= 4 is 46.2 Å². The van der Waals surface area contributed by atoms with E-state index in [1.54, 1.807) is 12.1 Å². The fourth-order valence-corrected chi connectivity index (χ4v) is 3.75. The molecular weight excluding hydrogens is 392 g/mol. The molecule has 1 aliphatic rings. The first-order valence-electron chi connectivity index (χ1n) is 9.42. The number of amides is 1. The van der Waals surface area contributed by atoms with Crippen LogP contribution in [0.3, 0.4) is 0 Å². The number of nitrogens with zero attached hydrogens (tertiary/aromatic N) is 2. The van der Waals surface area contributed by atoms with Crippen LogP contribution < -0.4 is 15.5 Å².